The van der Waals surface area contributed by atoms with Gasteiger partial charge in [0.05, 0.1) is 0 Å². The Morgan fingerprint density at radius 2 is 1.48 bits per heavy atom. The molecule has 1 heterocycles. The van der Waals surface area contributed by atoms with E-state index in [1.165, 1.54) is 55.7 Å². The summed E-state index contributed by atoms with van der Waals surface area (Å²) >= 11 is 0. The van der Waals surface area contributed by atoms with Crippen molar-refractivity contribution in [2.45, 2.75) is 19.3 Å². The van der Waals surface area contributed by atoms with E-state index in [4.69, 9.17) is 0 Å². The summed E-state index contributed by atoms with van der Waals surface area (Å²) in [6.07, 6.45) is 3.99. The molecule has 21 heavy (non-hydrogen) atoms. The maximum atomic E-state index is 3.52. The van der Waals surface area contributed by atoms with Gasteiger partial charge in [0.2, 0.25) is 0 Å². The number of hydrogen-bond acceptors (Lipinski definition) is 2. The van der Waals surface area contributed by atoms with Gasteiger partial charge in [0, 0.05) is 12.2 Å². The fourth-order valence-corrected chi connectivity index (χ4v) is 2.95. The van der Waals surface area contributed by atoms with E-state index in [-0.39, 0.29) is 0 Å². The SMILES string of the molecule is c1ccc(-c2ccc(NCCCN3CCCC3)cc2)cc1. The van der Waals surface area contributed by atoms with Crippen LogP contribution >= 0.6 is 0 Å². The van der Waals surface area contributed by atoms with Crippen molar-refractivity contribution < 1.29 is 0 Å². The molecule has 0 atom stereocenters. The number of benzene rings is 2. The van der Waals surface area contributed by atoms with Gasteiger partial charge in [-0.25, -0.2) is 0 Å². The Labute approximate surface area is 127 Å². The zero-order valence-electron chi connectivity index (χ0n) is 12.6. The first-order valence-electron chi connectivity index (χ1n) is 8.03. The lowest BCUT2D eigenvalue weighted by atomic mass is 10.1. The van der Waals surface area contributed by atoms with Crippen molar-refractivity contribution in [3.8, 4) is 11.1 Å². The largest absolute Gasteiger partial charge is 0.385 e. The molecule has 2 aromatic carbocycles. The first-order chi connectivity index (χ1) is 10.4. The predicted molar refractivity (Wildman–Crippen MR) is 90.7 cm³/mol. The Morgan fingerprint density at radius 1 is 0.810 bits per heavy atom. The Balaban J connectivity index is 1.46. The van der Waals surface area contributed by atoms with Gasteiger partial charge >= 0.3 is 0 Å². The van der Waals surface area contributed by atoms with Crippen LogP contribution in [0.5, 0.6) is 0 Å². The molecular weight excluding hydrogens is 256 g/mol. The van der Waals surface area contributed by atoms with Gasteiger partial charge in [0.1, 0.15) is 0 Å². The van der Waals surface area contributed by atoms with Crippen molar-refractivity contribution in [1.29, 1.82) is 0 Å². The summed E-state index contributed by atoms with van der Waals surface area (Å²) in [5.41, 5.74) is 3.77. The lowest BCUT2D eigenvalue weighted by molar-refractivity contribution is 0.337. The molecule has 1 aliphatic rings. The monoisotopic (exact) mass is 280 g/mol. The van der Waals surface area contributed by atoms with Crippen LogP contribution in [-0.2, 0) is 0 Å². The van der Waals surface area contributed by atoms with E-state index in [1.807, 2.05) is 0 Å². The topological polar surface area (TPSA) is 15.3 Å². The lowest BCUT2D eigenvalue weighted by Crippen LogP contribution is -2.22. The van der Waals surface area contributed by atoms with E-state index in [0.717, 1.165) is 6.54 Å². The fourth-order valence-electron chi connectivity index (χ4n) is 2.95. The van der Waals surface area contributed by atoms with Gasteiger partial charge in [-0.1, -0.05) is 42.5 Å². The Bertz CT molecular complexity index is 527. The molecule has 0 spiro atoms. The highest BCUT2D eigenvalue weighted by molar-refractivity contribution is 5.65. The number of nitrogens with zero attached hydrogens (tertiary/aromatic N) is 1. The molecule has 0 amide bonds. The molecule has 2 heteroatoms. The molecule has 2 aromatic rings. The van der Waals surface area contributed by atoms with Crippen LogP contribution in [0.1, 0.15) is 19.3 Å². The lowest BCUT2D eigenvalue weighted by Gasteiger charge is -2.14. The maximum Gasteiger partial charge on any atom is 0.0340 e. The molecule has 0 saturated carbocycles. The molecular formula is C19H24N2. The normalized spacial score (nSPS) is 15.2. The highest BCUT2D eigenvalue weighted by atomic mass is 15.1. The highest BCUT2D eigenvalue weighted by Crippen LogP contribution is 2.20. The standard InChI is InChI=1S/C19H24N2/c1-2-7-17(8-3-1)18-9-11-19(12-10-18)20-13-6-16-21-14-4-5-15-21/h1-3,7-12,20H,4-6,13-16H2. The quantitative estimate of drug-likeness (QED) is 0.796. The first kappa shape index (κ1) is 14.2. The van der Waals surface area contributed by atoms with E-state index in [9.17, 15) is 0 Å². The molecule has 0 aliphatic carbocycles. The number of nitrogens with one attached hydrogen (secondary N) is 1. The van der Waals surface area contributed by atoms with Gasteiger partial charge in [-0.3, -0.25) is 0 Å². The first-order valence-corrected chi connectivity index (χ1v) is 8.03. The molecule has 0 aromatic heterocycles. The minimum absolute atomic E-state index is 1.06. The van der Waals surface area contributed by atoms with Crippen LogP contribution in [-0.4, -0.2) is 31.1 Å². The predicted octanol–water partition coefficient (Wildman–Crippen LogP) is 4.25. The summed E-state index contributed by atoms with van der Waals surface area (Å²) in [7, 11) is 0. The van der Waals surface area contributed by atoms with Crippen LogP contribution in [0.25, 0.3) is 11.1 Å². The third kappa shape index (κ3) is 4.08. The molecule has 110 valence electrons. The average Bonchev–Trinajstić information content (AvgIpc) is 3.06. The third-order valence-electron chi connectivity index (χ3n) is 4.17. The van der Waals surface area contributed by atoms with E-state index < -0.39 is 0 Å². The van der Waals surface area contributed by atoms with Crippen LogP contribution in [0.4, 0.5) is 5.69 Å². The van der Waals surface area contributed by atoms with Crippen LogP contribution in [0, 0.1) is 0 Å². The summed E-state index contributed by atoms with van der Waals surface area (Å²) in [6.45, 7) is 4.88. The second kappa shape index (κ2) is 7.28. The van der Waals surface area contributed by atoms with Crippen molar-refractivity contribution in [3.05, 3.63) is 54.6 Å². The average molecular weight is 280 g/mol. The van der Waals surface area contributed by atoms with E-state index in [0.29, 0.717) is 0 Å². The van der Waals surface area contributed by atoms with Crippen LogP contribution < -0.4 is 5.32 Å². The van der Waals surface area contributed by atoms with E-state index in [2.05, 4.69) is 64.8 Å². The van der Waals surface area contributed by atoms with E-state index >= 15 is 0 Å². The molecule has 0 unspecified atom stereocenters. The summed E-state index contributed by atoms with van der Waals surface area (Å²) < 4.78 is 0. The van der Waals surface area contributed by atoms with Gasteiger partial charge < -0.3 is 10.2 Å². The second-order valence-electron chi connectivity index (χ2n) is 5.77. The second-order valence-corrected chi connectivity index (χ2v) is 5.77. The van der Waals surface area contributed by atoms with Crippen LogP contribution in [0.15, 0.2) is 54.6 Å². The summed E-state index contributed by atoms with van der Waals surface area (Å²) in [6, 6.07) is 19.3. The number of likely N-dealkylation sites (tertiary alicyclic amines) is 1. The molecule has 1 fully saturated rings. The molecule has 0 bridgehead atoms. The molecule has 0 radical (unpaired) electrons. The summed E-state index contributed by atoms with van der Waals surface area (Å²) in [4.78, 5) is 2.57. The maximum absolute atomic E-state index is 3.52. The van der Waals surface area contributed by atoms with Crippen molar-refractivity contribution in [1.82, 2.24) is 4.90 Å². The van der Waals surface area contributed by atoms with Crippen molar-refractivity contribution >= 4 is 5.69 Å². The van der Waals surface area contributed by atoms with Crippen LogP contribution in [0.3, 0.4) is 0 Å². The van der Waals surface area contributed by atoms with Gasteiger partial charge in [0.15, 0.2) is 0 Å². The summed E-state index contributed by atoms with van der Waals surface area (Å²) in [5.74, 6) is 0. The molecule has 3 rings (SSSR count). The smallest absolute Gasteiger partial charge is 0.0340 e. The third-order valence-corrected chi connectivity index (χ3v) is 4.17. The minimum atomic E-state index is 1.06. The van der Waals surface area contributed by atoms with Gasteiger partial charge in [0.25, 0.3) is 0 Å². The summed E-state index contributed by atoms with van der Waals surface area (Å²) in [5, 5.41) is 3.52. The van der Waals surface area contributed by atoms with Gasteiger partial charge in [-0.05, 0) is 62.2 Å². The Kier molecular flexibility index (Phi) is 4.90. The van der Waals surface area contributed by atoms with Gasteiger partial charge in [-0.2, -0.15) is 0 Å². The minimum Gasteiger partial charge on any atom is -0.385 e. The fraction of sp³-hybridized carbons (Fsp3) is 0.368. The zero-order chi connectivity index (χ0) is 14.3. The van der Waals surface area contributed by atoms with E-state index in [1.54, 1.807) is 0 Å². The van der Waals surface area contributed by atoms with Gasteiger partial charge in [-0.15, -0.1) is 0 Å². The Hall–Kier alpha value is -1.80. The molecule has 2 nitrogen and oxygen atoms in total. The van der Waals surface area contributed by atoms with Crippen molar-refractivity contribution in [2.24, 2.45) is 0 Å². The number of hydrogen-bond donors (Lipinski definition) is 1. The zero-order valence-corrected chi connectivity index (χ0v) is 12.6. The Morgan fingerprint density at radius 3 is 2.19 bits per heavy atom. The van der Waals surface area contributed by atoms with Crippen molar-refractivity contribution in [3.63, 3.8) is 0 Å². The number of anilines is 1. The highest BCUT2D eigenvalue weighted by Gasteiger charge is 2.09. The van der Waals surface area contributed by atoms with Crippen molar-refractivity contribution in [2.75, 3.05) is 31.5 Å². The number of rotatable bonds is 6. The molecule has 1 N–H and O–H groups in total. The molecule has 1 saturated heterocycles. The molecule has 1 aliphatic heterocycles. The van der Waals surface area contributed by atoms with Crippen LogP contribution in [0.2, 0.25) is 0 Å².